The van der Waals surface area contributed by atoms with Crippen LogP contribution in [0.25, 0.3) is 0 Å². The maximum atomic E-state index is 11.7. The van der Waals surface area contributed by atoms with Gasteiger partial charge < -0.3 is 10.4 Å². The molecule has 26 heavy (non-hydrogen) atoms. The summed E-state index contributed by atoms with van der Waals surface area (Å²) < 4.78 is 0. The summed E-state index contributed by atoms with van der Waals surface area (Å²) >= 11 is 0. The topological polar surface area (TPSA) is 78.4 Å². The number of carbonyl (C=O) groups is 2. The Labute approximate surface area is 157 Å². The number of rotatable bonds is 13. The number of carbonyl (C=O) groups excluding carboxylic acids is 2. The van der Waals surface area contributed by atoms with Crippen molar-refractivity contribution >= 4 is 11.9 Å². The molecule has 0 fully saturated rings. The van der Waals surface area contributed by atoms with Crippen molar-refractivity contribution in [3.05, 3.63) is 29.8 Å². The second kappa shape index (κ2) is 14.2. The molecule has 0 unspecified atom stereocenters. The predicted molar refractivity (Wildman–Crippen MR) is 105 cm³/mol. The average Bonchev–Trinajstić information content (AvgIpc) is 2.62. The molecule has 0 bridgehead atoms. The number of nitrogens with one attached hydrogen (secondary N) is 2. The minimum absolute atomic E-state index is 0.213. The molecule has 0 aliphatic heterocycles. The van der Waals surface area contributed by atoms with E-state index in [1.54, 1.807) is 12.1 Å². The number of aromatic hydroxyl groups is 1. The lowest BCUT2D eigenvalue weighted by Crippen LogP contribution is -2.40. The summed E-state index contributed by atoms with van der Waals surface area (Å²) in [4.78, 5) is 23.4. The lowest BCUT2D eigenvalue weighted by molar-refractivity contribution is -0.120. The molecule has 0 aromatic heterocycles. The highest BCUT2D eigenvalue weighted by Crippen LogP contribution is 2.11. The average molecular weight is 363 g/mol. The van der Waals surface area contributed by atoms with Crippen LogP contribution in [-0.4, -0.2) is 23.6 Å². The van der Waals surface area contributed by atoms with Crippen molar-refractivity contribution in [2.75, 3.05) is 6.54 Å². The van der Waals surface area contributed by atoms with Crippen molar-refractivity contribution < 1.29 is 14.7 Å². The van der Waals surface area contributed by atoms with Crippen molar-refractivity contribution in [1.82, 2.24) is 10.6 Å². The van der Waals surface area contributed by atoms with Gasteiger partial charge in [-0.05, 0) is 30.5 Å². The Morgan fingerprint density at radius 2 is 1.46 bits per heavy atom. The van der Waals surface area contributed by atoms with E-state index in [0.717, 1.165) is 24.8 Å². The van der Waals surface area contributed by atoms with Crippen LogP contribution in [-0.2, 0) is 11.2 Å². The zero-order valence-corrected chi connectivity index (χ0v) is 16.1. The second-order valence-electron chi connectivity index (χ2n) is 6.80. The summed E-state index contributed by atoms with van der Waals surface area (Å²) in [6, 6.07) is 6.41. The number of hydrogen-bond donors (Lipinski definition) is 3. The van der Waals surface area contributed by atoms with Crippen LogP contribution in [0.5, 0.6) is 5.75 Å². The molecule has 146 valence electrons. The molecule has 1 rings (SSSR count). The van der Waals surface area contributed by atoms with Gasteiger partial charge in [0.2, 0.25) is 5.91 Å². The van der Waals surface area contributed by atoms with Crippen LogP contribution in [0.3, 0.4) is 0 Å². The quantitative estimate of drug-likeness (QED) is 0.446. The first kappa shape index (κ1) is 22.0. The molecule has 0 heterocycles. The van der Waals surface area contributed by atoms with Crippen LogP contribution < -0.4 is 10.6 Å². The van der Waals surface area contributed by atoms with E-state index in [4.69, 9.17) is 0 Å². The largest absolute Gasteiger partial charge is 0.508 e. The molecule has 0 atom stereocenters. The van der Waals surface area contributed by atoms with Crippen molar-refractivity contribution in [1.29, 1.82) is 0 Å². The highest BCUT2D eigenvalue weighted by Gasteiger charge is 2.06. The molecule has 0 saturated heterocycles. The van der Waals surface area contributed by atoms with Gasteiger partial charge in [0, 0.05) is 13.0 Å². The van der Waals surface area contributed by atoms with E-state index >= 15 is 0 Å². The van der Waals surface area contributed by atoms with Gasteiger partial charge in [0.1, 0.15) is 5.75 Å². The molecular weight excluding hydrogens is 328 g/mol. The fourth-order valence-corrected chi connectivity index (χ4v) is 2.81. The molecule has 0 aliphatic carbocycles. The molecular formula is C21H34N2O3. The van der Waals surface area contributed by atoms with E-state index in [2.05, 4.69) is 17.6 Å². The number of urea groups is 1. The Morgan fingerprint density at radius 1 is 0.885 bits per heavy atom. The number of unbranched alkanes of at least 4 members (excludes halogenated alkanes) is 8. The highest BCUT2D eigenvalue weighted by molar-refractivity contribution is 5.94. The van der Waals surface area contributed by atoms with Crippen molar-refractivity contribution in [2.24, 2.45) is 0 Å². The van der Waals surface area contributed by atoms with E-state index in [1.807, 2.05) is 12.1 Å². The van der Waals surface area contributed by atoms with Gasteiger partial charge in [0.25, 0.3) is 0 Å². The fourth-order valence-electron chi connectivity index (χ4n) is 2.81. The van der Waals surface area contributed by atoms with Crippen molar-refractivity contribution in [3.8, 4) is 5.75 Å². The summed E-state index contributed by atoms with van der Waals surface area (Å²) in [6.07, 6.45) is 11.9. The molecule has 0 radical (unpaired) electrons. The van der Waals surface area contributed by atoms with Crippen LogP contribution in [0, 0.1) is 0 Å². The third-order valence-corrected chi connectivity index (χ3v) is 4.40. The minimum Gasteiger partial charge on any atom is -0.508 e. The van der Waals surface area contributed by atoms with Gasteiger partial charge in [0.05, 0.1) is 0 Å². The van der Waals surface area contributed by atoms with Crippen LogP contribution in [0.4, 0.5) is 4.79 Å². The summed E-state index contributed by atoms with van der Waals surface area (Å²) in [5.41, 5.74) is 1.02. The van der Waals surface area contributed by atoms with Crippen LogP contribution in [0.15, 0.2) is 24.3 Å². The first-order valence-corrected chi connectivity index (χ1v) is 9.97. The van der Waals surface area contributed by atoms with Crippen LogP contribution in [0.2, 0.25) is 0 Å². The molecule has 0 saturated carbocycles. The fraction of sp³-hybridized carbons (Fsp3) is 0.619. The monoisotopic (exact) mass is 362 g/mol. The summed E-state index contributed by atoms with van der Waals surface area (Å²) in [7, 11) is 0. The Kier molecular flexibility index (Phi) is 12.0. The van der Waals surface area contributed by atoms with Gasteiger partial charge in [-0.3, -0.25) is 10.1 Å². The van der Waals surface area contributed by atoms with Gasteiger partial charge in [-0.2, -0.15) is 0 Å². The zero-order valence-electron chi connectivity index (χ0n) is 16.1. The van der Waals surface area contributed by atoms with Gasteiger partial charge in [-0.1, -0.05) is 70.4 Å². The van der Waals surface area contributed by atoms with E-state index < -0.39 is 6.03 Å². The molecule has 5 heteroatoms. The minimum atomic E-state index is -0.440. The molecule has 0 aliphatic rings. The molecule has 5 nitrogen and oxygen atoms in total. The standard InChI is InChI=1S/C21H34N2O3/c1-2-3-4-5-6-7-8-9-10-11-20(25)23-21(26)22-17-16-18-12-14-19(24)15-13-18/h12-15,24H,2-11,16-17H2,1H3,(H2,22,23,25,26). The Balaban J connectivity index is 1.97. The zero-order chi connectivity index (χ0) is 19.0. The van der Waals surface area contributed by atoms with Crippen molar-refractivity contribution in [2.45, 2.75) is 77.6 Å². The highest BCUT2D eigenvalue weighted by atomic mass is 16.3. The third kappa shape index (κ3) is 11.5. The number of phenols is 1. The maximum absolute atomic E-state index is 11.7. The Hall–Kier alpha value is -2.04. The SMILES string of the molecule is CCCCCCCCCCCC(=O)NC(=O)NCCc1ccc(O)cc1. The van der Waals surface area contributed by atoms with Crippen LogP contribution in [0.1, 0.15) is 76.7 Å². The number of hydrogen-bond acceptors (Lipinski definition) is 3. The summed E-state index contributed by atoms with van der Waals surface area (Å²) in [5.74, 6) is 0.0108. The molecule has 0 spiro atoms. The first-order chi connectivity index (χ1) is 12.6. The molecule has 3 amide bonds. The number of benzene rings is 1. The predicted octanol–water partition coefficient (Wildman–Crippen LogP) is 4.68. The van der Waals surface area contributed by atoms with Crippen molar-refractivity contribution in [3.63, 3.8) is 0 Å². The van der Waals surface area contributed by atoms with Gasteiger partial charge in [0.15, 0.2) is 0 Å². The molecule has 1 aromatic rings. The normalized spacial score (nSPS) is 10.5. The first-order valence-electron chi connectivity index (χ1n) is 9.97. The lowest BCUT2D eigenvalue weighted by Gasteiger charge is -2.07. The molecule has 1 aromatic carbocycles. The van der Waals surface area contributed by atoms with Gasteiger partial charge >= 0.3 is 6.03 Å². The number of phenolic OH excluding ortho intramolecular Hbond substituents is 1. The van der Waals surface area contributed by atoms with E-state index in [1.165, 1.54) is 38.5 Å². The van der Waals surface area contributed by atoms with Gasteiger partial charge in [-0.15, -0.1) is 0 Å². The Morgan fingerprint density at radius 3 is 2.08 bits per heavy atom. The van der Waals surface area contributed by atoms with E-state index in [0.29, 0.717) is 19.4 Å². The number of amides is 3. The molecule has 3 N–H and O–H groups in total. The van der Waals surface area contributed by atoms with E-state index in [-0.39, 0.29) is 11.7 Å². The maximum Gasteiger partial charge on any atom is 0.321 e. The summed E-state index contributed by atoms with van der Waals surface area (Å²) in [5, 5.41) is 14.3. The summed E-state index contributed by atoms with van der Waals surface area (Å²) in [6.45, 7) is 2.67. The Bertz CT molecular complexity index is 514. The number of imide groups is 1. The van der Waals surface area contributed by atoms with Gasteiger partial charge in [-0.25, -0.2) is 4.79 Å². The smallest absolute Gasteiger partial charge is 0.321 e. The van der Waals surface area contributed by atoms with E-state index in [9.17, 15) is 14.7 Å². The third-order valence-electron chi connectivity index (χ3n) is 4.40. The second-order valence-corrected chi connectivity index (χ2v) is 6.80. The van der Waals surface area contributed by atoms with Crippen LogP contribution >= 0.6 is 0 Å². The lowest BCUT2D eigenvalue weighted by atomic mass is 10.1.